The molecule has 2 heterocycles. The fourth-order valence-electron chi connectivity index (χ4n) is 3.38. The summed E-state index contributed by atoms with van der Waals surface area (Å²) in [5.41, 5.74) is 2.08. The maximum absolute atomic E-state index is 12.7. The van der Waals surface area contributed by atoms with Gasteiger partial charge in [0.25, 0.3) is 5.91 Å². The molecule has 0 atom stereocenters. The second-order valence-electron chi connectivity index (χ2n) is 7.47. The number of furan rings is 1. The molecule has 4 amide bonds. The lowest BCUT2D eigenvalue weighted by Gasteiger charge is -2.11. The van der Waals surface area contributed by atoms with Crippen LogP contribution in [-0.4, -0.2) is 40.4 Å². The van der Waals surface area contributed by atoms with E-state index in [1.54, 1.807) is 49.4 Å². The highest BCUT2D eigenvalue weighted by Gasteiger charge is 2.35. The molecule has 10 heteroatoms. The third kappa shape index (κ3) is 4.91. The van der Waals surface area contributed by atoms with E-state index in [1.165, 1.54) is 18.2 Å². The molecule has 0 saturated carbocycles. The summed E-state index contributed by atoms with van der Waals surface area (Å²) < 4.78 is 6.62. The zero-order valence-corrected chi connectivity index (χ0v) is 19.4. The van der Waals surface area contributed by atoms with Crippen molar-refractivity contribution in [3.8, 4) is 11.3 Å². The van der Waals surface area contributed by atoms with Crippen molar-refractivity contribution in [2.24, 2.45) is 0 Å². The van der Waals surface area contributed by atoms with Crippen LogP contribution in [0.3, 0.4) is 0 Å². The average molecular weight is 524 g/mol. The molecule has 1 fully saturated rings. The third-order valence-electron chi connectivity index (χ3n) is 5.04. The lowest BCUT2D eigenvalue weighted by atomic mass is 10.0. The number of benzene rings is 2. The zero-order chi connectivity index (χ0) is 24.4. The molecule has 3 N–H and O–H groups in total. The van der Waals surface area contributed by atoms with E-state index in [0.717, 1.165) is 9.37 Å². The van der Waals surface area contributed by atoms with Crippen LogP contribution in [0, 0.1) is 6.92 Å². The Labute approximate surface area is 202 Å². The van der Waals surface area contributed by atoms with Crippen molar-refractivity contribution in [2.75, 3.05) is 11.9 Å². The van der Waals surface area contributed by atoms with Gasteiger partial charge in [-0.15, -0.1) is 0 Å². The molecule has 34 heavy (non-hydrogen) atoms. The van der Waals surface area contributed by atoms with Crippen LogP contribution >= 0.6 is 15.9 Å². The van der Waals surface area contributed by atoms with Gasteiger partial charge in [0.15, 0.2) is 0 Å². The number of anilines is 1. The molecule has 3 aromatic rings. The van der Waals surface area contributed by atoms with Crippen molar-refractivity contribution in [1.82, 2.24) is 10.2 Å². The number of aryl methyl sites for hydroxylation is 1. The first-order chi connectivity index (χ1) is 16.2. The summed E-state index contributed by atoms with van der Waals surface area (Å²) in [5, 5.41) is 14.2. The summed E-state index contributed by atoms with van der Waals surface area (Å²) in [6.45, 7) is 1.32. The van der Waals surface area contributed by atoms with E-state index < -0.39 is 30.4 Å². The Balaban J connectivity index is 1.46. The number of urea groups is 1. The van der Waals surface area contributed by atoms with Gasteiger partial charge >= 0.3 is 12.0 Å². The van der Waals surface area contributed by atoms with E-state index >= 15 is 0 Å². The minimum Gasteiger partial charge on any atom is -0.478 e. The predicted molar refractivity (Wildman–Crippen MR) is 127 cm³/mol. The number of hydrogen-bond donors (Lipinski definition) is 3. The summed E-state index contributed by atoms with van der Waals surface area (Å²) in [5.74, 6) is -1.42. The predicted octanol–water partition coefficient (Wildman–Crippen LogP) is 4.25. The summed E-state index contributed by atoms with van der Waals surface area (Å²) >= 11 is 3.30. The maximum atomic E-state index is 12.7. The van der Waals surface area contributed by atoms with Gasteiger partial charge in [-0.1, -0.05) is 22.0 Å². The third-order valence-corrected chi connectivity index (χ3v) is 5.57. The minimum atomic E-state index is -1.02. The first-order valence-electron chi connectivity index (χ1n) is 10.1. The fourth-order valence-corrected chi connectivity index (χ4v) is 3.65. The molecular formula is C24H18BrN3O6. The number of aromatic carboxylic acids is 1. The number of halogens is 1. The zero-order valence-electron chi connectivity index (χ0n) is 17.8. The molecule has 0 aliphatic carbocycles. The quantitative estimate of drug-likeness (QED) is 0.327. The monoisotopic (exact) mass is 523 g/mol. The van der Waals surface area contributed by atoms with Gasteiger partial charge < -0.3 is 20.2 Å². The Morgan fingerprint density at radius 1 is 1.12 bits per heavy atom. The second-order valence-corrected chi connectivity index (χ2v) is 8.39. The summed E-state index contributed by atoms with van der Waals surface area (Å²) in [7, 11) is 0. The number of imide groups is 1. The molecule has 0 radical (unpaired) electrons. The summed E-state index contributed by atoms with van der Waals surface area (Å²) in [4.78, 5) is 49.2. The molecular weight excluding hydrogens is 506 g/mol. The van der Waals surface area contributed by atoms with Crippen LogP contribution in [0.4, 0.5) is 10.5 Å². The van der Waals surface area contributed by atoms with Crippen LogP contribution in [0.25, 0.3) is 17.4 Å². The molecule has 4 rings (SSSR count). The molecule has 2 aromatic carbocycles. The first-order valence-corrected chi connectivity index (χ1v) is 10.8. The largest absolute Gasteiger partial charge is 0.478 e. The highest BCUT2D eigenvalue weighted by molar-refractivity contribution is 9.10. The van der Waals surface area contributed by atoms with E-state index in [9.17, 15) is 19.2 Å². The van der Waals surface area contributed by atoms with Crippen molar-refractivity contribution in [3.63, 3.8) is 0 Å². The Morgan fingerprint density at radius 3 is 2.53 bits per heavy atom. The molecule has 172 valence electrons. The molecule has 1 aliphatic rings. The average Bonchev–Trinajstić information content (AvgIpc) is 3.35. The SMILES string of the molecule is Cc1cc(C(=O)O)ccc1-c1ccc(/C=C2\NC(=O)N(CC(=O)Nc3ccc(Br)cc3)C2=O)o1. The van der Waals surface area contributed by atoms with Crippen LogP contribution in [0.15, 0.2) is 69.2 Å². The van der Waals surface area contributed by atoms with Crippen LogP contribution < -0.4 is 10.6 Å². The van der Waals surface area contributed by atoms with E-state index in [4.69, 9.17) is 9.52 Å². The maximum Gasteiger partial charge on any atom is 0.335 e. The number of rotatable bonds is 6. The number of carboxylic acids is 1. The van der Waals surface area contributed by atoms with Crippen molar-refractivity contribution >= 4 is 51.5 Å². The van der Waals surface area contributed by atoms with Crippen molar-refractivity contribution in [3.05, 3.63) is 81.7 Å². The number of hydrogen-bond acceptors (Lipinski definition) is 5. The number of nitrogens with zero attached hydrogens (tertiary/aromatic N) is 1. The lowest BCUT2D eigenvalue weighted by Crippen LogP contribution is -2.38. The Morgan fingerprint density at radius 2 is 1.85 bits per heavy atom. The summed E-state index contributed by atoms with van der Waals surface area (Å²) in [6.07, 6.45) is 1.37. The van der Waals surface area contributed by atoms with Gasteiger partial charge in [0, 0.05) is 21.8 Å². The van der Waals surface area contributed by atoms with Gasteiger partial charge in [-0.2, -0.15) is 0 Å². The van der Waals surface area contributed by atoms with E-state index in [0.29, 0.717) is 28.3 Å². The highest BCUT2D eigenvalue weighted by atomic mass is 79.9. The van der Waals surface area contributed by atoms with E-state index in [-0.39, 0.29) is 11.3 Å². The van der Waals surface area contributed by atoms with Crippen LogP contribution in [0.2, 0.25) is 0 Å². The number of amides is 4. The molecule has 1 aliphatic heterocycles. The smallest absolute Gasteiger partial charge is 0.335 e. The van der Waals surface area contributed by atoms with Crippen LogP contribution in [0.1, 0.15) is 21.7 Å². The molecule has 0 unspecified atom stereocenters. The van der Waals surface area contributed by atoms with Crippen molar-refractivity contribution in [2.45, 2.75) is 6.92 Å². The number of carboxylic acid groups (broad SMARTS) is 1. The highest BCUT2D eigenvalue weighted by Crippen LogP contribution is 2.27. The van der Waals surface area contributed by atoms with Gasteiger partial charge in [-0.25, -0.2) is 14.5 Å². The lowest BCUT2D eigenvalue weighted by molar-refractivity contribution is -0.127. The van der Waals surface area contributed by atoms with Crippen molar-refractivity contribution in [1.29, 1.82) is 0 Å². The number of nitrogens with one attached hydrogen (secondary N) is 2. The normalized spacial score (nSPS) is 14.4. The van der Waals surface area contributed by atoms with E-state index in [1.807, 2.05) is 0 Å². The number of carbonyl (C=O) groups is 4. The molecule has 0 spiro atoms. The molecule has 0 bridgehead atoms. The van der Waals surface area contributed by atoms with E-state index in [2.05, 4.69) is 26.6 Å². The Kier molecular flexibility index (Phi) is 6.33. The van der Waals surface area contributed by atoms with Gasteiger partial charge in [0.1, 0.15) is 23.8 Å². The Bertz CT molecular complexity index is 1340. The Hall–Kier alpha value is -4.18. The molecule has 1 aromatic heterocycles. The van der Waals surface area contributed by atoms with Gasteiger partial charge in [0.05, 0.1) is 5.56 Å². The van der Waals surface area contributed by atoms with Crippen molar-refractivity contribution < 1.29 is 28.7 Å². The minimum absolute atomic E-state index is 0.0275. The standard InChI is InChI=1S/C24H18BrN3O6/c1-13-10-14(23(31)32)2-8-18(13)20-9-7-17(34-20)11-19-22(30)28(24(33)27-19)12-21(29)26-16-5-3-15(25)4-6-16/h2-11H,12H2,1H3,(H,26,29)(H,27,33)(H,31,32)/b19-11-. The van der Waals surface area contributed by atoms with Gasteiger partial charge in [-0.3, -0.25) is 9.59 Å². The van der Waals surface area contributed by atoms with Gasteiger partial charge in [0.2, 0.25) is 5.91 Å². The topological polar surface area (TPSA) is 129 Å². The molecule has 1 saturated heterocycles. The summed E-state index contributed by atoms with van der Waals surface area (Å²) in [6, 6.07) is 14.1. The first kappa shape index (κ1) is 23.0. The van der Waals surface area contributed by atoms with Crippen LogP contribution in [0.5, 0.6) is 0 Å². The fraction of sp³-hybridized carbons (Fsp3) is 0.0833. The number of carbonyl (C=O) groups excluding carboxylic acids is 3. The van der Waals surface area contributed by atoms with Gasteiger partial charge in [-0.05, 0) is 61.0 Å². The van der Waals surface area contributed by atoms with Crippen LogP contribution in [-0.2, 0) is 9.59 Å². The second kappa shape index (κ2) is 9.36. The molecule has 9 nitrogen and oxygen atoms in total.